The van der Waals surface area contributed by atoms with E-state index in [4.69, 9.17) is 0 Å². The number of halogens is 2. The standard InChI is InChI=1S/C9H10Br2N2O3S2/c1-5-9(14)12-2-3-13(5)18(15,16)6-4-7(10)17-8(6)11/h4-5H,2-3H2,1H3,(H,12,14). The normalized spacial score (nSPS) is 21.9. The Morgan fingerprint density at radius 2 is 2.17 bits per heavy atom. The maximum Gasteiger partial charge on any atom is 0.245 e. The first-order valence-corrected chi connectivity index (χ1v) is 8.92. The van der Waals surface area contributed by atoms with Crippen LogP contribution in [0.1, 0.15) is 6.92 Å². The fourth-order valence-electron chi connectivity index (χ4n) is 1.72. The van der Waals surface area contributed by atoms with E-state index in [9.17, 15) is 13.2 Å². The second-order valence-corrected chi connectivity index (χ2v) is 9.38. The molecule has 1 aliphatic rings. The van der Waals surface area contributed by atoms with Gasteiger partial charge in [-0.15, -0.1) is 11.3 Å². The number of carbonyl (C=O) groups is 1. The van der Waals surface area contributed by atoms with E-state index in [2.05, 4.69) is 37.2 Å². The van der Waals surface area contributed by atoms with Crippen molar-refractivity contribution in [3.05, 3.63) is 13.6 Å². The highest BCUT2D eigenvalue weighted by Gasteiger charge is 2.37. The molecule has 0 bridgehead atoms. The van der Waals surface area contributed by atoms with E-state index in [-0.39, 0.29) is 17.3 Å². The molecule has 0 radical (unpaired) electrons. The van der Waals surface area contributed by atoms with Crippen LogP contribution < -0.4 is 5.32 Å². The van der Waals surface area contributed by atoms with Crippen molar-refractivity contribution in [1.82, 2.24) is 9.62 Å². The summed E-state index contributed by atoms with van der Waals surface area (Å²) in [6.07, 6.45) is 0. The van der Waals surface area contributed by atoms with E-state index < -0.39 is 16.1 Å². The smallest absolute Gasteiger partial charge is 0.245 e. The Kier molecular flexibility index (Phi) is 4.17. The van der Waals surface area contributed by atoms with Gasteiger partial charge in [-0.25, -0.2) is 8.42 Å². The van der Waals surface area contributed by atoms with E-state index in [1.165, 1.54) is 15.6 Å². The summed E-state index contributed by atoms with van der Waals surface area (Å²) in [5.41, 5.74) is 0. The molecular formula is C9H10Br2N2O3S2. The molecule has 1 unspecified atom stereocenters. The summed E-state index contributed by atoms with van der Waals surface area (Å²) >= 11 is 7.78. The fourth-order valence-corrected chi connectivity index (χ4v) is 7.08. The van der Waals surface area contributed by atoms with Crippen molar-refractivity contribution in [2.24, 2.45) is 0 Å². The number of nitrogens with one attached hydrogen (secondary N) is 1. The van der Waals surface area contributed by atoms with Crippen LogP contribution in [0.4, 0.5) is 0 Å². The summed E-state index contributed by atoms with van der Waals surface area (Å²) in [6, 6.07) is 0.859. The lowest BCUT2D eigenvalue weighted by Crippen LogP contribution is -2.55. The van der Waals surface area contributed by atoms with Gasteiger partial charge in [0.05, 0.1) is 7.57 Å². The molecule has 1 saturated heterocycles. The van der Waals surface area contributed by atoms with Gasteiger partial charge in [0.1, 0.15) is 10.9 Å². The Morgan fingerprint density at radius 3 is 2.72 bits per heavy atom. The number of nitrogens with zero attached hydrogens (tertiary/aromatic N) is 1. The van der Waals surface area contributed by atoms with Crippen LogP contribution in [0.25, 0.3) is 0 Å². The van der Waals surface area contributed by atoms with Gasteiger partial charge in [-0.2, -0.15) is 4.31 Å². The molecule has 1 N–H and O–H groups in total. The van der Waals surface area contributed by atoms with Gasteiger partial charge in [-0.3, -0.25) is 4.79 Å². The van der Waals surface area contributed by atoms with Crippen LogP contribution in [0.3, 0.4) is 0 Å². The van der Waals surface area contributed by atoms with Gasteiger partial charge < -0.3 is 5.32 Å². The Morgan fingerprint density at radius 1 is 1.50 bits per heavy atom. The van der Waals surface area contributed by atoms with Crippen LogP contribution in [0.15, 0.2) is 18.5 Å². The monoisotopic (exact) mass is 416 g/mol. The molecule has 2 heterocycles. The molecule has 100 valence electrons. The predicted molar refractivity (Wildman–Crippen MR) is 76.1 cm³/mol. The maximum absolute atomic E-state index is 12.5. The molecule has 1 atom stereocenters. The molecule has 0 spiro atoms. The third-order valence-electron chi connectivity index (χ3n) is 2.65. The number of rotatable bonds is 2. The van der Waals surface area contributed by atoms with Gasteiger partial charge in [-0.1, -0.05) is 0 Å². The van der Waals surface area contributed by atoms with Gasteiger partial charge in [0.15, 0.2) is 0 Å². The van der Waals surface area contributed by atoms with Crippen LogP contribution in [0.2, 0.25) is 0 Å². The number of hydrogen-bond donors (Lipinski definition) is 1. The van der Waals surface area contributed by atoms with E-state index >= 15 is 0 Å². The van der Waals surface area contributed by atoms with Crippen molar-refractivity contribution in [1.29, 1.82) is 0 Å². The molecule has 1 aromatic heterocycles. The minimum Gasteiger partial charge on any atom is -0.353 e. The summed E-state index contributed by atoms with van der Waals surface area (Å²) in [5.74, 6) is -0.268. The van der Waals surface area contributed by atoms with Crippen LogP contribution in [-0.4, -0.2) is 37.8 Å². The Hall–Kier alpha value is 0.0400. The quantitative estimate of drug-likeness (QED) is 0.797. The van der Waals surface area contributed by atoms with E-state index in [0.717, 1.165) is 3.79 Å². The molecule has 0 aromatic carbocycles. The van der Waals surface area contributed by atoms with Gasteiger partial charge in [0.25, 0.3) is 0 Å². The summed E-state index contributed by atoms with van der Waals surface area (Å²) < 4.78 is 27.4. The molecule has 0 saturated carbocycles. The Balaban J connectivity index is 2.42. The summed E-state index contributed by atoms with van der Waals surface area (Å²) in [4.78, 5) is 11.7. The Labute approximate surface area is 126 Å². The van der Waals surface area contributed by atoms with Gasteiger partial charge >= 0.3 is 0 Å². The van der Waals surface area contributed by atoms with Crippen LogP contribution >= 0.6 is 43.2 Å². The number of sulfonamides is 1. The Bertz CT molecular complexity index is 585. The van der Waals surface area contributed by atoms with Crippen molar-refractivity contribution >= 4 is 59.1 Å². The first-order chi connectivity index (χ1) is 8.34. The lowest BCUT2D eigenvalue weighted by molar-refractivity contribution is -0.126. The molecule has 1 fully saturated rings. The van der Waals surface area contributed by atoms with Crippen molar-refractivity contribution in [3.63, 3.8) is 0 Å². The molecule has 1 aromatic rings. The lowest BCUT2D eigenvalue weighted by Gasteiger charge is -2.31. The van der Waals surface area contributed by atoms with E-state index in [1.54, 1.807) is 13.0 Å². The maximum atomic E-state index is 12.5. The number of carbonyl (C=O) groups excluding carboxylic acids is 1. The number of piperazine rings is 1. The summed E-state index contributed by atoms with van der Waals surface area (Å²) in [6.45, 7) is 2.21. The van der Waals surface area contributed by atoms with E-state index in [0.29, 0.717) is 10.3 Å². The highest BCUT2D eigenvalue weighted by Crippen LogP contribution is 2.36. The fraction of sp³-hybridized carbons (Fsp3) is 0.444. The minimum absolute atomic E-state index is 0.195. The minimum atomic E-state index is -3.65. The second kappa shape index (κ2) is 5.20. The lowest BCUT2D eigenvalue weighted by atomic mass is 10.2. The third kappa shape index (κ3) is 2.51. The second-order valence-electron chi connectivity index (χ2n) is 3.77. The molecule has 2 rings (SSSR count). The molecule has 1 aliphatic heterocycles. The highest BCUT2D eigenvalue weighted by atomic mass is 79.9. The van der Waals surface area contributed by atoms with Crippen molar-refractivity contribution in [2.45, 2.75) is 17.9 Å². The zero-order valence-corrected chi connectivity index (χ0v) is 14.1. The van der Waals surface area contributed by atoms with Gasteiger partial charge in [0, 0.05) is 13.1 Å². The van der Waals surface area contributed by atoms with Crippen molar-refractivity contribution in [3.8, 4) is 0 Å². The van der Waals surface area contributed by atoms with Crippen molar-refractivity contribution in [2.75, 3.05) is 13.1 Å². The molecular weight excluding hydrogens is 408 g/mol. The zero-order valence-electron chi connectivity index (χ0n) is 9.31. The van der Waals surface area contributed by atoms with Crippen molar-refractivity contribution < 1.29 is 13.2 Å². The largest absolute Gasteiger partial charge is 0.353 e. The first-order valence-electron chi connectivity index (χ1n) is 5.08. The predicted octanol–water partition coefficient (Wildman–Crippen LogP) is 1.78. The molecule has 9 heteroatoms. The average Bonchev–Trinajstić information content (AvgIpc) is 2.62. The molecule has 0 aliphatic carbocycles. The SMILES string of the molecule is CC1C(=O)NCCN1S(=O)(=O)c1cc(Br)sc1Br. The molecule has 1 amide bonds. The molecule has 18 heavy (non-hydrogen) atoms. The molecule has 5 nitrogen and oxygen atoms in total. The van der Waals surface area contributed by atoms with Gasteiger partial charge in [-0.05, 0) is 44.8 Å². The van der Waals surface area contributed by atoms with Crippen LogP contribution in [0.5, 0.6) is 0 Å². The van der Waals surface area contributed by atoms with Gasteiger partial charge in [0.2, 0.25) is 15.9 Å². The third-order valence-corrected chi connectivity index (χ3v) is 7.38. The first kappa shape index (κ1) is 14.4. The highest BCUT2D eigenvalue weighted by molar-refractivity contribution is 9.12. The zero-order chi connectivity index (χ0) is 13.5. The van der Waals surface area contributed by atoms with E-state index in [1.807, 2.05) is 0 Å². The number of amides is 1. The topological polar surface area (TPSA) is 66.5 Å². The number of thiophene rings is 1. The number of hydrogen-bond acceptors (Lipinski definition) is 4. The summed E-state index contributed by atoms with van der Waals surface area (Å²) in [5, 5.41) is 2.64. The average molecular weight is 418 g/mol. The summed E-state index contributed by atoms with van der Waals surface area (Å²) in [7, 11) is -3.65. The van der Waals surface area contributed by atoms with Crippen LogP contribution in [0, 0.1) is 0 Å². The van der Waals surface area contributed by atoms with Crippen LogP contribution in [-0.2, 0) is 14.8 Å².